The van der Waals surface area contributed by atoms with Gasteiger partial charge in [0, 0.05) is 5.41 Å². The second-order valence-corrected chi connectivity index (χ2v) is 4.65. The van der Waals surface area contributed by atoms with Crippen molar-refractivity contribution < 1.29 is 14.6 Å². The molecule has 1 heterocycles. The molecule has 0 unspecified atom stereocenters. The molecule has 13 heavy (non-hydrogen) atoms. The first kappa shape index (κ1) is 10.5. The molecule has 0 aromatic heterocycles. The molecular formula is C9H17NO3. The Hall–Kier alpha value is -0.610. The van der Waals surface area contributed by atoms with Gasteiger partial charge in [-0.1, -0.05) is 20.8 Å². The molecule has 4 nitrogen and oxygen atoms in total. The zero-order valence-electron chi connectivity index (χ0n) is 8.39. The van der Waals surface area contributed by atoms with E-state index in [0.717, 1.165) is 0 Å². The summed E-state index contributed by atoms with van der Waals surface area (Å²) in [6.07, 6.45) is 0. The molecule has 0 atom stereocenters. The number of aliphatic hydroxyl groups is 1. The summed E-state index contributed by atoms with van der Waals surface area (Å²) >= 11 is 0. The highest BCUT2D eigenvalue weighted by Crippen LogP contribution is 2.17. The maximum Gasteiger partial charge on any atom is 0.225 e. The minimum atomic E-state index is -0.832. The molecular weight excluding hydrogens is 170 g/mol. The molecule has 0 aliphatic carbocycles. The first-order chi connectivity index (χ1) is 5.83. The lowest BCUT2D eigenvalue weighted by Gasteiger charge is -2.36. The summed E-state index contributed by atoms with van der Waals surface area (Å²) in [6.45, 7) is 6.43. The SMILES string of the molecule is CC(C)(C)C(=O)NCC1(O)COC1. The highest BCUT2D eigenvalue weighted by atomic mass is 16.5. The molecule has 1 aliphatic heterocycles. The Morgan fingerprint density at radius 1 is 1.54 bits per heavy atom. The van der Waals surface area contributed by atoms with Gasteiger partial charge in [0.05, 0.1) is 19.8 Å². The van der Waals surface area contributed by atoms with Crippen LogP contribution in [0.5, 0.6) is 0 Å². The van der Waals surface area contributed by atoms with Crippen molar-refractivity contribution in [3.05, 3.63) is 0 Å². The summed E-state index contributed by atoms with van der Waals surface area (Å²) in [5.41, 5.74) is -1.23. The lowest BCUT2D eigenvalue weighted by molar-refractivity contribution is -0.176. The molecule has 1 amide bonds. The molecule has 1 rings (SSSR count). The van der Waals surface area contributed by atoms with E-state index in [0.29, 0.717) is 13.2 Å². The molecule has 4 heteroatoms. The van der Waals surface area contributed by atoms with Gasteiger partial charge in [0.1, 0.15) is 5.60 Å². The van der Waals surface area contributed by atoms with Crippen LogP contribution in [-0.2, 0) is 9.53 Å². The van der Waals surface area contributed by atoms with E-state index < -0.39 is 11.0 Å². The second-order valence-electron chi connectivity index (χ2n) is 4.65. The van der Waals surface area contributed by atoms with E-state index in [9.17, 15) is 9.90 Å². The third-order valence-corrected chi connectivity index (χ3v) is 2.00. The zero-order valence-corrected chi connectivity index (χ0v) is 8.39. The summed E-state index contributed by atoms with van der Waals surface area (Å²) in [5.74, 6) is -0.0483. The van der Waals surface area contributed by atoms with Gasteiger partial charge in [0.15, 0.2) is 0 Å². The Labute approximate surface area is 78.3 Å². The van der Waals surface area contributed by atoms with Gasteiger partial charge in [-0.15, -0.1) is 0 Å². The number of hydrogen-bond donors (Lipinski definition) is 2. The predicted molar refractivity (Wildman–Crippen MR) is 48.2 cm³/mol. The van der Waals surface area contributed by atoms with Crippen LogP contribution in [0.1, 0.15) is 20.8 Å². The maximum absolute atomic E-state index is 11.4. The molecule has 2 N–H and O–H groups in total. The van der Waals surface area contributed by atoms with Gasteiger partial charge in [-0.25, -0.2) is 0 Å². The van der Waals surface area contributed by atoms with Crippen molar-refractivity contribution in [3.63, 3.8) is 0 Å². The van der Waals surface area contributed by atoms with Crippen LogP contribution in [0, 0.1) is 5.41 Å². The van der Waals surface area contributed by atoms with Crippen LogP contribution in [0.3, 0.4) is 0 Å². The number of ether oxygens (including phenoxy) is 1. The van der Waals surface area contributed by atoms with Gasteiger partial charge in [-0.2, -0.15) is 0 Å². The summed E-state index contributed by atoms with van der Waals surface area (Å²) in [4.78, 5) is 11.4. The standard InChI is InChI=1S/C9H17NO3/c1-8(2,3)7(11)10-4-9(12)5-13-6-9/h12H,4-6H2,1-3H3,(H,10,11). The number of carbonyl (C=O) groups excluding carboxylic acids is 1. The monoisotopic (exact) mass is 187 g/mol. The van der Waals surface area contributed by atoms with E-state index in [1.807, 2.05) is 20.8 Å². The smallest absolute Gasteiger partial charge is 0.225 e. The quantitative estimate of drug-likeness (QED) is 0.635. The van der Waals surface area contributed by atoms with E-state index in [2.05, 4.69) is 5.32 Å². The Morgan fingerprint density at radius 2 is 2.08 bits per heavy atom. The molecule has 1 fully saturated rings. The summed E-state index contributed by atoms with van der Waals surface area (Å²) in [6, 6.07) is 0. The maximum atomic E-state index is 11.4. The predicted octanol–water partition coefficient (Wildman–Crippen LogP) is -0.0900. The zero-order chi connectivity index (χ0) is 10.1. The molecule has 0 bridgehead atoms. The molecule has 0 aromatic rings. The summed E-state index contributed by atoms with van der Waals surface area (Å²) < 4.78 is 4.85. The number of hydrogen-bond acceptors (Lipinski definition) is 3. The van der Waals surface area contributed by atoms with Crippen LogP contribution < -0.4 is 5.32 Å². The third kappa shape index (κ3) is 2.67. The first-order valence-electron chi connectivity index (χ1n) is 4.42. The Bertz CT molecular complexity index is 203. The lowest BCUT2D eigenvalue weighted by Crippen LogP contribution is -2.57. The normalized spacial score (nSPS) is 20.6. The van der Waals surface area contributed by atoms with Gasteiger partial charge in [-0.05, 0) is 0 Å². The van der Waals surface area contributed by atoms with E-state index in [-0.39, 0.29) is 12.5 Å². The fourth-order valence-electron chi connectivity index (χ4n) is 0.950. The van der Waals surface area contributed by atoms with Crippen molar-refractivity contribution in [2.75, 3.05) is 19.8 Å². The van der Waals surface area contributed by atoms with Gasteiger partial charge in [0.2, 0.25) is 5.91 Å². The largest absolute Gasteiger partial charge is 0.383 e. The molecule has 0 radical (unpaired) electrons. The Morgan fingerprint density at radius 3 is 2.38 bits per heavy atom. The van der Waals surface area contributed by atoms with E-state index in [1.165, 1.54) is 0 Å². The molecule has 0 spiro atoms. The molecule has 1 saturated heterocycles. The summed E-state index contributed by atoms with van der Waals surface area (Å²) in [5, 5.41) is 12.3. The third-order valence-electron chi connectivity index (χ3n) is 2.00. The van der Waals surface area contributed by atoms with E-state index in [1.54, 1.807) is 0 Å². The molecule has 76 valence electrons. The van der Waals surface area contributed by atoms with Crippen LogP contribution in [0.2, 0.25) is 0 Å². The number of carbonyl (C=O) groups is 1. The Kier molecular flexibility index (Phi) is 2.63. The molecule has 1 aliphatic rings. The van der Waals surface area contributed by atoms with Crippen LogP contribution in [0.4, 0.5) is 0 Å². The van der Waals surface area contributed by atoms with Crippen molar-refractivity contribution in [1.82, 2.24) is 5.32 Å². The molecule has 0 aromatic carbocycles. The minimum absolute atomic E-state index is 0.0483. The van der Waals surface area contributed by atoms with Crippen LogP contribution >= 0.6 is 0 Å². The fraction of sp³-hybridized carbons (Fsp3) is 0.889. The van der Waals surface area contributed by atoms with E-state index >= 15 is 0 Å². The first-order valence-corrected chi connectivity index (χ1v) is 4.42. The van der Waals surface area contributed by atoms with Gasteiger partial charge in [0.25, 0.3) is 0 Å². The Balaban J connectivity index is 2.30. The highest BCUT2D eigenvalue weighted by Gasteiger charge is 2.37. The van der Waals surface area contributed by atoms with Gasteiger partial charge >= 0.3 is 0 Å². The van der Waals surface area contributed by atoms with Gasteiger partial charge in [-0.3, -0.25) is 4.79 Å². The van der Waals surface area contributed by atoms with Crippen molar-refractivity contribution in [2.24, 2.45) is 5.41 Å². The highest BCUT2D eigenvalue weighted by molar-refractivity contribution is 5.81. The van der Waals surface area contributed by atoms with Crippen molar-refractivity contribution in [2.45, 2.75) is 26.4 Å². The minimum Gasteiger partial charge on any atom is -0.383 e. The number of rotatable bonds is 2. The van der Waals surface area contributed by atoms with Crippen LogP contribution in [-0.4, -0.2) is 36.4 Å². The lowest BCUT2D eigenvalue weighted by atomic mass is 9.94. The van der Waals surface area contributed by atoms with Gasteiger partial charge < -0.3 is 15.2 Å². The topological polar surface area (TPSA) is 58.6 Å². The number of amides is 1. The summed E-state index contributed by atoms with van der Waals surface area (Å²) in [7, 11) is 0. The fourth-order valence-corrected chi connectivity index (χ4v) is 0.950. The number of nitrogens with one attached hydrogen (secondary N) is 1. The van der Waals surface area contributed by atoms with Crippen molar-refractivity contribution >= 4 is 5.91 Å². The van der Waals surface area contributed by atoms with Crippen LogP contribution in [0.15, 0.2) is 0 Å². The average Bonchev–Trinajstić information content (AvgIpc) is 1.94. The van der Waals surface area contributed by atoms with Crippen LogP contribution in [0.25, 0.3) is 0 Å². The average molecular weight is 187 g/mol. The second kappa shape index (κ2) is 3.27. The van der Waals surface area contributed by atoms with Crippen molar-refractivity contribution in [3.8, 4) is 0 Å². The van der Waals surface area contributed by atoms with Crippen molar-refractivity contribution in [1.29, 1.82) is 0 Å². The van der Waals surface area contributed by atoms with E-state index in [4.69, 9.17) is 4.74 Å². The molecule has 0 saturated carbocycles.